The lowest BCUT2D eigenvalue weighted by molar-refractivity contribution is 0.488. The van der Waals surface area contributed by atoms with Gasteiger partial charge in [-0.3, -0.25) is 0 Å². The van der Waals surface area contributed by atoms with Gasteiger partial charge in [-0.05, 0) is 29.3 Å². The van der Waals surface area contributed by atoms with E-state index in [-0.39, 0.29) is 0 Å². The maximum Gasteiger partial charge on any atom is 0.141 e. The number of ether oxygens (including phenoxy) is 1. The number of fused-ring (bicyclic) bond motifs is 3. The van der Waals surface area contributed by atoms with E-state index < -0.39 is 0 Å². The number of furan rings is 1. The van der Waals surface area contributed by atoms with E-state index in [0.717, 1.165) is 67.1 Å². The molecule has 186 valence electrons. The fourth-order valence-corrected chi connectivity index (χ4v) is 5.13. The quantitative estimate of drug-likeness (QED) is 0.245. The molecular weight excluding hydrogens is 478 g/mol. The summed E-state index contributed by atoms with van der Waals surface area (Å²) in [6.07, 6.45) is 0. The van der Waals surface area contributed by atoms with Crippen LogP contribution in [-0.4, -0.2) is 0 Å². The number of hydrogen-bond donors (Lipinski definition) is 1. The number of hydrogen-bond acceptors (Lipinski definition) is 3. The average Bonchev–Trinajstić information content (AvgIpc) is 3.37. The first-order valence-electron chi connectivity index (χ1n) is 13.0. The van der Waals surface area contributed by atoms with Gasteiger partial charge in [0.2, 0.25) is 0 Å². The topological polar surface area (TPSA) is 34.4 Å². The lowest BCUT2D eigenvalue weighted by atomic mass is 9.95. The molecule has 0 aliphatic carbocycles. The highest BCUT2D eigenvalue weighted by Crippen LogP contribution is 2.43. The molecule has 0 amide bonds. The van der Waals surface area contributed by atoms with E-state index in [1.807, 2.05) is 60.7 Å². The number of nitrogens with one attached hydrogen (secondary N) is 1. The normalized spacial score (nSPS) is 11.1. The molecule has 1 N–H and O–H groups in total. The van der Waals surface area contributed by atoms with Crippen molar-refractivity contribution in [3.8, 4) is 33.8 Å². The van der Waals surface area contributed by atoms with E-state index in [1.165, 1.54) is 0 Å². The molecule has 0 saturated carbocycles. The van der Waals surface area contributed by atoms with Crippen molar-refractivity contribution in [1.29, 1.82) is 0 Å². The summed E-state index contributed by atoms with van der Waals surface area (Å²) in [5, 5.41) is 5.75. The fourth-order valence-electron chi connectivity index (χ4n) is 5.13. The van der Waals surface area contributed by atoms with Crippen LogP contribution < -0.4 is 10.1 Å². The second-order valence-corrected chi connectivity index (χ2v) is 9.45. The van der Waals surface area contributed by atoms with E-state index in [4.69, 9.17) is 9.15 Å². The molecule has 0 aliphatic rings. The van der Waals surface area contributed by atoms with Crippen LogP contribution in [0.15, 0.2) is 150 Å². The van der Waals surface area contributed by atoms with Gasteiger partial charge in [0.05, 0.1) is 11.1 Å². The van der Waals surface area contributed by atoms with Crippen LogP contribution in [0.1, 0.15) is 0 Å². The van der Waals surface area contributed by atoms with Crippen LogP contribution in [0.3, 0.4) is 0 Å². The summed E-state index contributed by atoms with van der Waals surface area (Å²) in [4.78, 5) is 0. The van der Waals surface area contributed by atoms with E-state index in [9.17, 15) is 0 Å². The second kappa shape index (κ2) is 9.88. The predicted octanol–water partition coefficient (Wildman–Crippen LogP) is 10.5. The van der Waals surface area contributed by atoms with Crippen molar-refractivity contribution < 1.29 is 9.15 Å². The molecule has 1 heterocycles. The van der Waals surface area contributed by atoms with Crippen LogP contribution in [0.25, 0.3) is 44.2 Å². The first-order valence-corrected chi connectivity index (χ1v) is 13.0. The van der Waals surface area contributed by atoms with Gasteiger partial charge in [0.15, 0.2) is 0 Å². The van der Waals surface area contributed by atoms with Gasteiger partial charge in [0.25, 0.3) is 0 Å². The van der Waals surface area contributed by atoms with Crippen LogP contribution in [-0.2, 0) is 0 Å². The Kier molecular flexibility index (Phi) is 5.80. The van der Waals surface area contributed by atoms with Crippen LogP contribution >= 0.6 is 0 Å². The summed E-state index contributed by atoms with van der Waals surface area (Å²) in [5.41, 5.74) is 8.03. The van der Waals surface area contributed by atoms with Crippen LogP contribution in [0.4, 0.5) is 11.4 Å². The minimum absolute atomic E-state index is 0.740. The molecule has 0 fully saturated rings. The summed E-state index contributed by atoms with van der Waals surface area (Å²) in [7, 11) is 0. The van der Waals surface area contributed by atoms with Crippen LogP contribution in [0.2, 0.25) is 0 Å². The molecule has 0 aliphatic heterocycles. The molecular formula is C36H25NO2. The van der Waals surface area contributed by atoms with Crippen molar-refractivity contribution in [3.05, 3.63) is 146 Å². The standard InChI is InChI=1S/C36H25NO2/c1-4-13-25(14-5-1)29-20-12-21-30(26-15-6-2-7-16-26)36(29)37-27-23-33(38-28-17-8-3-9-18-28)35-31-19-10-11-22-32(31)39-34(35)24-27/h1-24,37H. The first-order chi connectivity index (χ1) is 19.3. The van der Waals surface area contributed by atoms with Gasteiger partial charge in [-0.25, -0.2) is 0 Å². The molecule has 0 unspecified atom stereocenters. The highest BCUT2D eigenvalue weighted by Gasteiger charge is 2.17. The van der Waals surface area contributed by atoms with E-state index in [2.05, 4.69) is 90.2 Å². The van der Waals surface area contributed by atoms with Gasteiger partial charge < -0.3 is 14.5 Å². The van der Waals surface area contributed by atoms with Gasteiger partial charge in [-0.2, -0.15) is 0 Å². The minimum Gasteiger partial charge on any atom is -0.456 e. The molecule has 0 atom stereocenters. The third-order valence-electron chi connectivity index (χ3n) is 6.92. The summed E-state index contributed by atoms with van der Waals surface area (Å²) in [6.45, 7) is 0. The van der Waals surface area contributed by atoms with Crippen LogP contribution in [0, 0.1) is 0 Å². The lowest BCUT2D eigenvalue weighted by Crippen LogP contribution is -1.97. The Hall–Kier alpha value is -5.28. The Morgan fingerprint density at radius 2 is 1.10 bits per heavy atom. The van der Waals surface area contributed by atoms with Gasteiger partial charge >= 0.3 is 0 Å². The third kappa shape index (κ3) is 4.41. The molecule has 7 aromatic rings. The van der Waals surface area contributed by atoms with Gasteiger partial charge in [0.1, 0.15) is 22.7 Å². The Bertz CT molecular complexity index is 1830. The molecule has 3 heteroatoms. The molecule has 1 aromatic heterocycles. The van der Waals surface area contributed by atoms with Crippen LogP contribution in [0.5, 0.6) is 11.5 Å². The number of benzene rings is 6. The fraction of sp³-hybridized carbons (Fsp3) is 0. The van der Waals surface area contributed by atoms with Gasteiger partial charge in [-0.15, -0.1) is 0 Å². The Labute approximate surface area is 226 Å². The van der Waals surface area contributed by atoms with Crippen molar-refractivity contribution in [3.63, 3.8) is 0 Å². The summed E-state index contributed by atoms with van der Waals surface area (Å²) >= 11 is 0. The average molecular weight is 504 g/mol. The second-order valence-electron chi connectivity index (χ2n) is 9.45. The Balaban J connectivity index is 1.42. The molecule has 0 radical (unpaired) electrons. The molecule has 3 nitrogen and oxygen atoms in total. The molecule has 0 spiro atoms. The maximum atomic E-state index is 6.47. The number of anilines is 2. The van der Waals surface area contributed by atoms with E-state index >= 15 is 0 Å². The summed E-state index contributed by atoms with van der Waals surface area (Å²) < 4.78 is 12.8. The molecule has 0 bridgehead atoms. The zero-order valence-corrected chi connectivity index (χ0v) is 21.2. The first kappa shape index (κ1) is 22.9. The van der Waals surface area contributed by atoms with Gasteiger partial charge in [-0.1, -0.05) is 115 Å². The van der Waals surface area contributed by atoms with Crippen molar-refractivity contribution in [2.75, 3.05) is 5.32 Å². The monoisotopic (exact) mass is 503 g/mol. The summed E-state index contributed by atoms with van der Waals surface area (Å²) in [5.74, 6) is 1.51. The number of rotatable bonds is 6. The Morgan fingerprint density at radius 1 is 0.513 bits per heavy atom. The SMILES string of the molecule is c1ccc(Oc2cc(Nc3c(-c4ccccc4)cccc3-c3ccccc3)cc3oc4ccccc4c23)cc1. The molecule has 7 rings (SSSR count). The number of para-hydroxylation sites is 3. The molecule has 0 saturated heterocycles. The van der Waals surface area contributed by atoms with Crippen molar-refractivity contribution in [2.24, 2.45) is 0 Å². The predicted molar refractivity (Wildman–Crippen MR) is 161 cm³/mol. The van der Waals surface area contributed by atoms with Crippen molar-refractivity contribution in [2.45, 2.75) is 0 Å². The third-order valence-corrected chi connectivity index (χ3v) is 6.92. The lowest BCUT2D eigenvalue weighted by Gasteiger charge is -2.18. The van der Waals surface area contributed by atoms with Crippen molar-refractivity contribution >= 4 is 33.3 Å². The highest BCUT2D eigenvalue weighted by atomic mass is 16.5. The largest absolute Gasteiger partial charge is 0.456 e. The maximum absolute atomic E-state index is 6.47. The zero-order valence-electron chi connectivity index (χ0n) is 21.2. The zero-order chi connectivity index (χ0) is 26.0. The minimum atomic E-state index is 0.740. The Morgan fingerprint density at radius 3 is 1.77 bits per heavy atom. The highest BCUT2D eigenvalue weighted by molar-refractivity contribution is 6.09. The smallest absolute Gasteiger partial charge is 0.141 e. The van der Waals surface area contributed by atoms with Gasteiger partial charge in [0, 0.05) is 34.3 Å². The van der Waals surface area contributed by atoms with E-state index in [1.54, 1.807) is 0 Å². The van der Waals surface area contributed by atoms with E-state index in [0.29, 0.717) is 0 Å². The molecule has 6 aromatic carbocycles. The van der Waals surface area contributed by atoms with Crippen molar-refractivity contribution in [1.82, 2.24) is 0 Å². The summed E-state index contributed by atoms with van der Waals surface area (Å²) in [6, 6.07) is 49.4. The molecule has 39 heavy (non-hydrogen) atoms.